The molecule has 0 saturated heterocycles. The molecule has 6 nitrogen and oxygen atoms in total. The molecule has 0 aromatic heterocycles. The molecule has 0 amide bonds. The summed E-state index contributed by atoms with van der Waals surface area (Å²) in [5.74, 6) is -0.797. The summed E-state index contributed by atoms with van der Waals surface area (Å²) in [5, 5.41) is 3.86. The number of hydrogen-bond acceptors (Lipinski definition) is 6. The topological polar surface area (TPSA) is 59.1 Å². The van der Waals surface area contributed by atoms with E-state index in [2.05, 4.69) is 82.6 Å². The number of carbonyl (C=O) groups excluding carboxylic acids is 2. The normalized spacial score (nSPS) is 13.6. The molecule has 0 N–H and O–H groups in total. The zero-order valence-corrected chi connectivity index (χ0v) is 30.0. The fraction of sp³-hybridized carbons (Fsp3) is 0. The van der Waals surface area contributed by atoms with Crippen molar-refractivity contribution in [1.82, 2.24) is 0 Å². The van der Waals surface area contributed by atoms with Crippen LogP contribution in [0.15, 0.2) is 206 Å². The summed E-state index contributed by atoms with van der Waals surface area (Å²) >= 11 is 0. The third-order valence-corrected chi connectivity index (χ3v) is 10.3. The summed E-state index contributed by atoms with van der Waals surface area (Å²) in [6.07, 6.45) is 0. The van der Waals surface area contributed by atoms with Crippen LogP contribution >= 0.6 is 0 Å². The molecule has 0 unspecified atom stereocenters. The molecule has 2 aliphatic rings. The van der Waals surface area contributed by atoms with Gasteiger partial charge in [-0.1, -0.05) is 109 Å². The Hall–Kier alpha value is -7.70. The minimum absolute atomic E-state index is 0.155. The molecule has 6 heteroatoms. The van der Waals surface area contributed by atoms with Gasteiger partial charge in [-0.2, -0.15) is 0 Å². The Labute approximate surface area is 323 Å². The van der Waals surface area contributed by atoms with Gasteiger partial charge >= 0.3 is 11.9 Å². The van der Waals surface area contributed by atoms with E-state index in [0.717, 1.165) is 55.7 Å². The van der Waals surface area contributed by atoms with Gasteiger partial charge in [0.05, 0.1) is 0 Å². The molecule has 0 bridgehead atoms. The van der Waals surface area contributed by atoms with Crippen LogP contribution < -0.4 is 9.80 Å². The van der Waals surface area contributed by atoms with E-state index in [1.165, 1.54) is 0 Å². The first-order valence-electron chi connectivity index (χ1n) is 18.4. The number of benzene rings is 8. The van der Waals surface area contributed by atoms with Crippen molar-refractivity contribution in [1.29, 1.82) is 0 Å². The monoisotopic (exact) mass is 724 g/mol. The van der Waals surface area contributed by atoms with Crippen LogP contribution in [0.4, 0.5) is 34.1 Å². The van der Waals surface area contributed by atoms with E-state index in [0.29, 0.717) is 11.1 Å². The second-order valence-corrected chi connectivity index (χ2v) is 13.7. The van der Waals surface area contributed by atoms with Crippen LogP contribution in [-0.4, -0.2) is 11.9 Å². The van der Waals surface area contributed by atoms with Crippen LogP contribution in [0.1, 0.15) is 11.1 Å². The summed E-state index contributed by atoms with van der Waals surface area (Å²) in [7, 11) is 0. The maximum absolute atomic E-state index is 13.5. The Balaban J connectivity index is 0.989. The molecule has 2 aliphatic heterocycles. The number of fused-ring (bicyclic) bond motifs is 3. The van der Waals surface area contributed by atoms with Crippen molar-refractivity contribution >= 4 is 78.8 Å². The van der Waals surface area contributed by atoms with E-state index in [-0.39, 0.29) is 22.7 Å². The molecule has 0 atom stereocenters. The van der Waals surface area contributed by atoms with Gasteiger partial charge in [-0.15, -0.1) is 0 Å². The lowest BCUT2D eigenvalue weighted by Crippen LogP contribution is -2.09. The van der Waals surface area contributed by atoms with Crippen molar-refractivity contribution in [3.63, 3.8) is 0 Å². The van der Waals surface area contributed by atoms with Gasteiger partial charge in [-0.3, -0.25) is 0 Å². The predicted octanol–water partition coefficient (Wildman–Crippen LogP) is 12.2. The number of para-hydroxylation sites is 4. The summed E-state index contributed by atoms with van der Waals surface area (Å²) in [6.45, 7) is 0. The Bertz CT molecular complexity index is 2610. The lowest BCUT2D eigenvalue weighted by atomic mass is 9.98. The third kappa shape index (κ3) is 5.77. The highest BCUT2D eigenvalue weighted by molar-refractivity contribution is 6.29. The Morgan fingerprint density at radius 3 is 0.946 bits per heavy atom. The molecule has 0 aliphatic carbocycles. The SMILES string of the molecule is O=C1OC2=C(c3ccc4cc(N(c5ccccc5)c5ccccc5)ccc4c3)C(=O)OC2=C1c1ccc2cc(N(c3ccccc3)c3ccccc3)ccc2c1. The molecule has 10 rings (SSSR count). The quantitative estimate of drug-likeness (QED) is 0.145. The molecule has 8 aromatic rings. The van der Waals surface area contributed by atoms with Crippen molar-refractivity contribution < 1.29 is 19.1 Å². The number of esters is 2. The first kappa shape index (κ1) is 32.9. The van der Waals surface area contributed by atoms with Crippen LogP contribution in [0.3, 0.4) is 0 Å². The van der Waals surface area contributed by atoms with Crippen molar-refractivity contribution in [3.8, 4) is 0 Å². The van der Waals surface area contributed by atoms with Crippen molar-refractivity contribution in [2.45, 2.75) is 0 Å². The summed E-state index contributed by atoms with van der Waals surface area (Å²) in [5.41, 5.74) is 7.87. The minimum Gasteiger partial charge on any atom is -0.418 e. The molecule has 0 fully saturated rings. The van der Waals surface area contributed by atoms with Gasteiger partial charge in [0, 0.05) is 34.1 Å². The van der Waals surface area contributed by atoms with Gasteiger partial charge in [0.25, 0.3) is 0 Å². The van der Waals surface area contributed by atoms with Crippen molar-refractivity contribution in [2.75, 3.05) is 9.80 Å². The number of carbonyl (C=O) groups is 2. The highest BCUT2D eigenvalue weighted by atomic mass is 16.6. The second kappa shape index (κ2) is 13.6. The number of anilines is 6. The standard InChI is InChI=1S/C50H32N2O4/c53-49-45(37-23-21-35-31-43(27-25-33(35)29-37)51(39-13-5-1-6-14-39)40-15-7-2-8-16-40)47-48(56-49)46(50(54)55-47)38-24-22-36-32-44(28-26-34(36)30-38)52(41-17-9-3-10-18-41)42-19-11-4-12-20-42/h1-32H. The molecule has 0 radical (unpaired) electrons. The summed E-state index contributed by atoms with van der Waals surface area (Å²) in [4.78, 5) is 31.4. The van der Waals surface area contributed by atoms with Crippen LogP contribution in [0.25, 0.3) is 32.7 Å². The molecular formula is C50H32N2O4. The molecular weight excluding hydrogens is 693 g/mol. The first-order chi connectivity index (χ1) is 27.6. The lowest BCUT2D eigenvalue weighted by Gasteiger charge is -2.25. The number of rotatable bonds is 8. The van der Waals surface area contributed by atoms with Crippen LogP contribution in [-0.2, 0) is 19.1 Å². The Morgan fingerprint density at radius 1 is 0.304 bits per heavy atom. The van der Waals surface area contributed by atoms with Crippen LogP contribution in [0, 0.1) is 0 Å². The van der Waals surface area contributed by atoms with E-state index in [1.54, 1.807) is 0 Å². The van der Waals surface area contributed by atoms with E-state index >= 15 is 0 Å². The van der Waals surface area contributed by atoms with Gasteiger partial charge in [-0.05, 0) is 118 Å². The maximum Gasteiger partial charge on any atom is 0.348 e. The van der Waals surface area contributed by atoms with E-state index in [9.17, 15) is 9.59 Å². The average molecular weight is 725 g/mol. The third-order valence-electron chi connectivity index (χ3n) is 10.3. The smallest absolute Gasteiger partial charge is 0.348 e. The Kier molecular flexibility index (Phi) is 8.00. The van der Waals surface area contributed by atoms with E-state index in [1.807, 2.05) is 121 Å². The molecule has 0 saturated carbocycles. The highest BCUT2D eigenvalue weighted by Gasteiger charge is 2.44. The van der Waals surface area contributed by atoms with E-state index in [4.69, 9.17) is 9.47 Å². The average Bonchev–Trinajstić information content (AvgIpc) is 3.73. The molecule has 8 aromatic carbocycles. The van der Waals surface area contributed by atoms with Gasteiger partial charge in [-0.25, -0.2) is 9.59 Å². The highest BCUT2D eigenvalue weighted by Crippen LogP contribution is 2.45. The summed E-state index contributed by atoms with van der Waals surface area (Å²) < 4.78 is 11.6. The summed E-state index contributed by atoms with van der Waals surface area (Å²) in [6, 6.07) is 65.0. The zero-order valence-electron chi connectivity index (χ0n) is 30.0. The van der Waals surface area contributed by atoms with Gasteiger partial charge in [0.15, 0.2) is 11.5 Å². The molecule has 56 heavy (non-hydrogen) atoms. The fourth-order valence-corrected chi connectivity index (χ4v) is 7.65. The number of nitrogens with zero attached hydrogens (tertiary/aromatic N) is 2. The zero-order chi connectivity index (χ0) is 37.6. The largest absolute Gasteiger partial charge is 0.418 e. The predicted molar refractivity (Wildman–Crippen MR) is 223 cm³/mol. The van der Waals surface area contributed by atoms with Crippen molar-refractivity contribution in [3.05, 3.63) is 217 Å². The maximum atomic E-state index is 13.5. The fourth-order valence-electron chi connectivity index (χ4n) is 7.65. The van der Waals surface area contributed by atoms with Gasteiger partial charge in [0.2, 0.25) is 0 Å². The van der Waals surface area contributed by atoms with Gasteiger partial charge < -0.3 is 19.3 Å². The van der Waals surface area contributed by atoms with Crippen LogP contribution in [0.5, 0.6) is 0 Å². The van der Waals surface area contributed by atoms with Crippen LogP contribution in [0.2, 0.25) is 0 Å². The lowest BCUT2D eigenvalue weighted by molar-refractivity contribution is -0.131. The van der Waals surface area contributed by atoms with E-state index < -0.39 is 11.9 Å². The second-order valence-electron chi connectivity index (χ2n) is 13.7. The number of ether oxygens (including phenoxy) is 2. The molecule has 266 valence electrons. The Morgan fingerprint density at radius 2 is 0.607 bits per heavy atom. The van der Waals surface area contributed by atoms with Crippen molar-refractivity contribution in [2.24, 2.45) is 0 Å². The van der Waals surface area contributed by atoms with Gasteiger partial charge in [0.1, 0.15) is 11.1 Å². The molecule has 0 spiro atoms. The number of hydrogen-bond donors (Lipinski definition) is 0. The molecule has 2 heterocycles. The minimum atomic E-state index is -0.553. The first-order valence-corrected chi connectivity index (χ1v) is 18.4.